The van der Waals surface area contributed by atoms with E-state index >= 15 is 0 Å². The van der Waals surface area contributed by atoms with E-state index < -0.39 is 29.5 Å². The van der Waals surface area contributed by atoms with Gasteiger partial charge in [0.25, 0.3) is 5.91 Å². The van der Waals surface area contributed by atoms with Crippen molar-refractivity contribution in [3.63, 3.8) is 0 Å². The number of benzene rings is 1. The maximum absolute atomic E-state index is 12.8. The largest absolute Gasteiger partial charge is 0.503 e. The van der Waals surface area contributed by atoms with E-state index in [4.69, 9.17) is 4.42 Å². The fourth-order valence-electron chi connectivity index (χ4n) is 2.95. The summed E-state index contributed by atoms with van der Waals surface area (Å²) in [6.07, 6.45) is 0. The molecule has 1 amide bonds. The van der Waals surface area contributed by atoms with Gasteiger partial charge in [0.05, 0.1) is 24.3 Å². The Balaban J connectivity index is 2.02. The molecule has 1 N–H and O–H groups in total. The molecule has 3 rings (SSSR count). The molecular formula is C19H17NO6. The van der Waals surface area contributed by atoms with Crippen LogP contribution in [-0.2, 0) is 9.53 Å². The fourth-order valence-corrected chi connectivity index (χ4v) is 2.95. The molecule has 134 valence electrons. The Labute approximate surface area is 149 Å². The van der Waals surface area contributed by atoms with E-state index in [0.29, 0.717) is 16.9 Å². The highest BCUT2D eigenvalue weighted by Gasteiger charge is 2.42. The molecule has 0 bridgehead atoms. The number of aliphatic hydroxyl groups excluding tert-OH is 1. The number of carbonyl (C=O) groups excluding carboxylic acids is 3. The molecule has 0 spiro atoms. The van der Waals surface area contributed by atoms with Crippen molar-refractivity contribution in [3.8, 4) is 0 Å². The molecule has 0 radical (unpaired) electrons. The van der Waals surface area contributed by atoms with Crippen LogP contribution in [0, 0.1) is 6.92 Å². The summed E-state index contributed by atoms with van der Waals surface area (Å²) < 4.78 is 10.00. The van der Waals surface area contributed by atoms with Crippen LogP contribution in [0.2, 0.25) is 0 Å². The maximum Gasteiger partial charge on any atom is 0.337 e. The number of hydrogen-bond acceptors (Lipinski definition) is 6. The first-order valence-corrected chi connectivity index (χ1v) is 7.85. The number of ether oxygens (including phenoxy) is 1. The average Bonchev–Trinajstić information content (AvgIpc) is 3.18. The van der Waals surface area contributed by atoms with Crippen LogP contribution < -0.4 is 0 Å². The summed E-state index contributed by atoms with van der Waals surface area (Å²) >= 11 is 0. The maximum atomic E-state index is 12.8. The third-order valence-electron chi connectivity index (χ3n) is 4.30. The number of likely N-dealkylation sites (N-methyl/N-ethyl adjacent to an activating group) is 1. The number of hydrogen-bond donors (Lipinski definition) is 1. The Kier molecular flexibility index (Phi) is 4.38. The molecule has 0 aliphatic carbocycles. The Morgan fingerprint density at radius 2 is 1.81 bits per heavy atom. The summed E-state index contributed by atoms with van der Waals surface area (Å²) in [5, 5.41) is 10.2. The minimum atomic E-state index is -0.785. The van der Waals surface area contributed by atoms with Crippen LogP contribution in [0.25, 0.3) is 0 Å². The third-order valence-corrected chi connectivity index (χ3v) is 4.30. The van der Waals surface area contributed by atoms with E-state index in [0.717, 1.165) is 0 Å². The van der Waals surface area contributed by atoms with Gasteiger partial charge in [-0.05, 0) is 36.8 Å². The van der Waals surface area contributed by atoms with Gasteiger partial charge in [0.1, 0.15) is 5.76 Å². The van der Waals surface area contributed by atoms with Gasteiger partial charge in [0.15, 0.2) is 11.5 Å². The van der Waals surface area contributed by atoms with E-state index in [2.05, 4.69) is 4.74 Å². The standard InChI is InChI=1S/C19H17NO6/c1-10-4-9-13(26-10)16(21)14-15(20(2)18(23)17(14)22)11-5-7-12(8-6-11)19(24)25-3/h4-9,15,22H,1-3H3. The summed E-state index contributed by atoms with van der Waals surface area (Å²) in [4.78, 5) is 37.9. The average molecular weight is 355 g/mol. The van der Waals surface area contributed by atoms with Crippen LogP contribution in [-0.4, -0.2) is 41.8 Å². The molecule has 7 nitrogen and oxygen atoms in total. The molecule has 1 aliphatic rings. The van der Waals surface area contributed by atoms with E-state index in [1.165, 1.54) is 37.3 Å². The highest BCUT2D eigenvalue weighted by Crippen LogP contribution is 2.38. The van der Waals surface area contributed by atoms with Crippen molar-refractivity contribution in [2.45, 2.75) is 13.0 Å². The van der Waals surface area contributed by atoms with Gasteiger partial charge in [0.2, 0.25) is 5.78 Å². The quantitative estimate of drug-likeness (QED) is 0.669. The fraction of sp³-hybridized carbons (Fsp3) is 0.211. The van der Waals surface area contributed by atoms with E-state index in [1.54, 1.807) is 25.1 Å². The number of aryl methyl sites for hydroxylation is 1. The number of aliphatic hydroxyl groups is 1. The summed E-state index contributed by atoms with van der Waals surface area (Å²) in [5.74, 6) is -1.72. The molecule has 0 saturated carbocycles. The molecule has 1 atom stereocenters. The third kappa shape index (κ3) is 2.77. The number of methoxy groups -OCH3 is 1. The zero-order chi connectivity index (χ0) is 19.0. The zero-order valence-electron chi connectivity index (χ0n) is 14.5. The zero-order valence-corrected chi connectivity index (χ0v) is 14.5. The minimum Gasteiger partial charge on any atom is -0.503 e. The van der Waals surface area contributed by atoms with Crippen molar-refractivity contribution in [1.29, 1.82) is 0 Å². The van der Waals surface area contributed by atoms with E-state index in [-0.39, 0.29) is 11.3 Å². The van der Waals surface area contributed by atoms with Crippen molar-refractivity contribution in [2.24, 2.45) is 0 Å². The molecule has 2 aromatic rings. The normalized spacial score (nSPS) is 17.0. The van der Waals surface area contributed by atoms with Crippen molar-refractivity contribution in [1.82, 2.24) is 4.90 Å². The van der Waals surface area contributed by atoms with E-state index in [9.17, 15) is 19.5 Å². The van der Waals surface area contributed by atoms with Crippen LogP contribution in [0.5, 0.6) is 0 Å². The number of carbonyl (C=O) groups is 3. The Morgan fingerprint density at radius 3 is 2.35 bits per heavy atom. The van der Waals surface area contributed by atoms with Crippen LogP contribution in [0.15, 0.2) is 52.1 Å². The van der Waals surface area contributed by atoms with Crippen molar-refractivity contribution >= 4 is 17.7 Å². The first-order valence-electron chi connectivity index (χ1n) is 7.85. The topological polar surface area (TPSA) is 97.0 Å². The Hall–Kier alpha value is -3.35. The number of furan rings is 1. The molecule has 7 heteroatoms. The lowest BCUT2D eigenvalue weighted by atomic mass is 9.94. The van der Waals surface area contributed by atoms with Crippen LogP contribution in [0.4, 0.5) is 0 Å². The second-order valence-corrected chi connectivity index (χ2v) is 5.93. The van der Waals surface area contributed by atoms with Gasteiger partial charge in [0, 0.05) is 7.05 Å². The van der Waals surface area contributed by atoms with Crippen LogP contribution in [0.3, 0.4) is 0 Å². The molecule has 26 heavy (non-hydrogen) atoms. The number of Topliss-reactive ketones (excluding diaryl/α,β-unsaturated/α-hetero) is 1. The monoisotopic (exact) mass is 355 g/mol. The van der Waals surface area contributed by atoms with Crippen LogP contribution in [0.1, 0.15) is 38.3 Å². The molecular weight excluding hydrogens is 338 g/mol. The van der Waals surface area contributed by atoms with Gasteiger partial charge < -0.3 is 19.2 Å². The first-order chi connectivity index (χ1) is 12.3. The summed E-state index contributed by atoms with van der Waals surface area (Å²) in [7, 11) is 2.77. The highest BCUT2D eigenvalue weighted by atomic mass is 16.5. The van der Waals surface area contributed by atoms with Crippen LogP contribution >= 0.6 is 0 Å². The van der Waals surface area contributed by atoms with Crippen molar-refractivity contribution in [3.05, 3.63) is 70.4 Å². The van der Waals surface area contributed by atoms with Gasteiger partial charge in [-0.2, -0.15) is 0 Å². The van der Waals surface area contributed by atoms with Gasteiger partial charge in [-0.15, -0.1) is 0 Å². The number of amides is 1. The van der Waals surface area contributed by atoms with Gasteiger partial charge >= 0.3 is 5.97 Å². The second kappa shape index (κ2) is 6.51. The predicted octanol–water partition coefficient (Wildman–Crippen LogP) is 2.58. The Bertz CT molecular complexity index is 922. The number of nitrogens with zero attached hydrogens (tertiary/aromatic N) is 1. The minimum absolute atomic E-state index is 0.0448. The molecule has 1 aromatic carbocycles. The number of esters is 1. The number of rotatable bonds is 4. The summed E-state index contributed by atoms with van der Waals surface area (Å²) in [6.45, 7) is 1.69. The van der Waals surface area contributed by atoms with Gasteiger partial charge in [-0.3, -0.25) is 9.59 Å². The van der Waals surface area contributed by atoms with E-state index in [1.807, 2.05) is 0 Å². The lowest BCUT2D eigenvalue weighted by Crippen LogP contribution is -2.26. The van der Waals surface area contributed by atoms with Crippen molar-refractivity contribution < 1.29 is 28.6 Å². The summed E-state index contributed by atoms with van der Waals surface area (Å²) in [5.41, 5.74) is 0.854. The predicted molar refractivity (Wildman–Crippen MR) is 90.7 cm³/mol. The molecule has 2 heterocycles. The number of ketones is 1. The smallest absolute Gasteiger partial charge is 0.337 e. The SMILES string of the molecule is COC(=O)c1ccc(C2C(C(=O)c3ccc(C)o3)=C(O)C(=O)N2C)cc1. The van der Waals surface area contributed by atoms with Gasteiger partial charge in [-0.25, -0.2) is 4.79 Å². The summed E-state index contributed by atoms with van der Waals surface area (Å²) in [6, 6.07) is 8.64. The molecule has 1 aromatic heterocycles. The Morgan fingerprint density at radius 1 is 1.15 bits per heavy atom. The first kappa shape index (κ1) is 17.5. The molecule has 1 aliphatic heterocycles. The molecule has 0 fully saturated rings. The lowest BCUT2D eigenvalue weighted by molar-refractivity contribution is -0.128. The highest BCUT2D eigenvalue weighted by molar-refractivity contribution is 6.15. The molecule has 0 saturated heterocycles. The lowest BCUT2D eigenvalue weighted by Gasteiger charge is -2.22. The van der Waals surface area contributed by atoms with Crippen molar-refractivity contribution in [2.75, 3.05) is 14.2 Å². The second-order valence-electron chi connectivity index (χ2n) is 5.93. The molecule has 1 unspecified atom stereocenters. The van der Waals surface area contributed by atoms with Gasteiger partial charge in [-0.1, -0.05) is 12.1 Å².